The van der Waals surface area contributed by atoms with Crippen molar-refractivity contribution in [2.45, 2.75) is 6.42 Å². The van der Waals surface area contributed by atoms with Gasteiger partial charge in [-0.15, -0.1) is 0 Å². The van der Waals surface area contributed by atoms with Gasteiger partial charge in [-0.25, -0.2) is 0 Å². The van der Waals surface area contributed by atoms with Crippen molar-refractivity contribution in [3.63, 3.8) is 0 Å². The molecular formula is C18H15BrCl2O2. The lowest BCUT2D eigenvalue weighted by molar-refractivity contribution is 0.104. The minimum Gasteiger partial charge on any atom is -0.494 e. The minimum absolute atomic E-state index is 0.118. The Morgan fingerprint density at radius 3 is 2.35 bits per heavy atom. The lowest BCUT2D eigenvalue weighted by Crippen LogP contribution is -1.99. The highest BCUT2D eigenvalue weighted by Crippen LogP contribution is 2.25. The van der Waals surface area contributed by atoms with Crippen LogP contribution in [0, 0.1) is 0 Å². The highest BCUT2D eigenvalue weighted by Gasteiger charge is 2.05. The Labute approximate surface area is 154 Å². The second-order valence-corrected chi connectivity index (χ2v) is 6.36. The molecule has 2 aromatic carbocycles. The number of benzene rings is 2. The first-order valence-electron chi connectivity index (χ1n) is 7.07. The normalized spacial score (nSPS) is 10.9. The monoisotopic (exact) mass is 412 g/mol. The molecule has 2 aromatic rings. The van der Waals surface area contributed by atoms with E-state index in [4.69, 9.17) is 27.9 Å². The van der Waals surface area contributed by atoms with E-state index in [0.29, 0.717) is 27.8 Å². The van der Waals surface area contributed by atoms with E-state index in [1.165, 1.54) is 6.08 Å². The van der Waals surface area contributed by atoms with Crippen LogP contribution in [-0.4, -0.2) is 17.7 Å². The van der Waals surface area contributed by atoms with Crippen molar-refractivity contribution in [3.8, 4) is 5.75 Å². The molecule has 0 N–H and O–H groups in total. The second kappa shape index (κ2) is 9.11. The summed E-state index contributed by atoms with van der Waals surface area (Å²) in [6.45, 7) is 0.642. The van der Waals surface area contributed by atoms with Crippen molar-refractivity contribution in [2.75, 3.05) is 11.9 Å². The van der Waals surface area contributed by atoms with Crippen LogP contribution < -0.4 is 4.74 Å². The third-order valence-electron chi connectivity index (χ3n) is 3.09. The van der Waals surface area contributed by atoms with Crippen LogP contribution in [-0.2, 0) is 0 Å². The average molecular weight is 414 g/mol. The van der Waals surface area contributed by atoms with Gasteiger partial charge in [0.2, 0.25) is 0 Å². The van der Waals surface area contributed by atoms with Crippen LogP contribution in [0.5, 0.6) is 5.75 Å². The van der Waals surface area contributed by atoms with E-state index in [1.54, 1.807) is 48.5 Å². The highest BCUT2D eigenvalue weighted by atomic mass is 79.9. The standard InChI is InChI=1S/C18H15BrCl2O2/c19-11-2-12-23-14-7-5-13(6-8-14)18(22)10-9-15-16(20)3-1-4-17(15)21/h1,3-10H,2,11-12H2/b10-9+. The predicted molar refractivity (Wildman–Crippen MR) is 100 cm³/mol. The van der Waals surface area contributed by atoms with Crippen LogP contribution in [0.3, 0.4) is 0 Å². The number of hydrogen-bond acceptors (Lipinski definition) is 2. The largest absolute Gasteiger partial charge is 0.494 e. The lowest BCUT2D eigenvalue weighted by atomic mass is 10.1. The number of hydrogen-bond donors (Lipinski definition) is 0. The third-order valence-corrected chi connectivity index (χ3v) is 4.31. The summed E-state index contributed by atoms with van der Waals surface area (Å²) < 4.78 is 5.55. The Bertz CT molecular complexity index is 676. The number of rotatable bonds is 7. The van der Waals surface area contributed by atoms with Gasteiger partial charge in [-0.2, -0.15) is 0 Å². The van der Waals surface area contributed by atoms with E-state index >= 15 is 0 Å². The molecule has 5 heteroatoms. The molecule has 23 heavy (non-hydrogen) atoms. The minimum atomic E-state index is -0.118. The predicted octanol–water partition coefficient (Wildman–Crippen LogP) is 6.05. The molecule has 0 bridgehead atoms. The van der Waals surface area contributed by atoms with E-state index in [9.17, 15) is 4.79 Å². The first-order chi connectivity index (χ1) is 11.1. The Hall–Kier alpha value is -1.29. The molecule has 0 saturated carbocycles. The summed E-state index contributed by atoms with van der Waals surface area (Å²) >= 11 is 15.5. The molecule has 0 saturated heterocycles. The fourth-order valence-corrected chi connectivity index (χ4v) is 2.64. The fourth-order valence-electron chi connectivity index (χ4n) is 1.89. The number of ether oxygens (including phenoxy) is 1. The molecule has 0 atom stereocenters. The summed E-state index contributed by atoms with van der Waals surface area (Å²) in [5.74, 6) is 0.633. The fraction of sp³-hybridized carbons (Fsp3) is 0.167. The second-order valence-electron chi connectivity index (χ2n) is 4.75. The van der Waals surface area contributed by atoms with Crippen LogP contribution in [0.4, 0.5) is 0 Å². The molecule has 0 heterocycles. The Kier molecular flexibility index (Phi) is 7.15. The summed E-state index contributed by atoms with van der Waals surface area (Å²) in [7, 11) is 0. The molecule has 0 amide bonds. The van der Waals surface area contributed by atoms with Gasteiger partial charge in [0.05, 0.1) is 6.61 Å². The molecule has 120 valence electrons. The Morgan fingerprint density at radius 2 is 1.74 bits per heavy atom. The SMILES string of the molecule is O=C(/C=C/c1c(Cl)cccc1Cl)c1ccc(OCCCBr)cc1. The van der Waals surface area contributed by atoms with Crippen molar-refractivity contribution >= 4 is 51.0 Å². The van der Waals surface area contributed by atoms with E-state index < -0.39 is 0 Å². The van der Waals surface area contributed by atoms with Crippen LogP contribution in [0.15, 0.2) is 48.5 Å². The summed E-state index contributed by atoms with van der Waals surface area (Å²) in [6.07, 6.45) is 4.03. The maximum Gasteiger partial charge on any atom is 0.185 e. The van der Waals surface area contributed by atoms with Crippen molar-refractivity contribution < 1.29 is 9.53 Å². The number of carbonyl (C=O) groups excluding carboxylic acids is 1. The molecule has 0 spiro atoms. The van der Waals surface area contributed by atoms with Crippen molar-refractivity contribution in [1.82, 2.24) is 0 Å². The topological polar surface area (TPSA) is 26.3 Å². The number of ketones is 1. The maximum atomic E-state index is 12.2. The molecule has 0 fully saturated rings. The average Bonchev–Trinajstić information content (AvgIpc) is 2.55. The van der Waals surface area contributed by atoms with Crippen molar-refractivity contribution in [3.05, 3.63) is 69.7 Å². The van der Waals surface area contributed by atoms with Gasteiger partial charge >= 0.3 is 0 Å². The smallest absolute Gasteiger partial charge is 0.185 e. The molecule has 2 nitrogen and oxygen atoms in total. The van der Waals surface area contributed by atoms with Crippen LogP contribution >= 0.6 is 39.1 Å². The number of halogens is 3. The zero-order valence-electron chi connectivity index (χ0n) is 12.3. The molecule has 0 aliphatic rings. The summed E-state index contributed by atoms with van der Waals surface area (Å²) in [4.78, 5) is 12.2. The molecule has 0 aliphatic carbocycles. The molecule has 0 aliphatic heterocycles. The number of carbonyl (C=O) groups is 1. The Morgan fingerprint density at radius 1 is 1.09 bits per heavy atom. The molecular weight excluding hydrogens is 399 g/mol. The zero-order chi connectivity index (χ0) is 16.7. The third kappa shape index (κ3) is 5.38. The van der Waals surface area contributed by atoms with Gasteiger partial charge in [0.1, 0.15) is 5.75 Å². The van der Waals surface area contributed by atoms with Crippen molar-refractivity contribution in [2.24, 2.45) is 0 Å². The van der Waals surface area contributed by atoms with Crippen LogP contribution in [0.25, 0.3) is 6.08 Å². The maximum absolute atomic E-state index is 12.2. The molecule has 0 aromatic heterocycles. The van der Waals surface area contributed by atoms with Gasteiger partial charge in [-0.05, 0) is 55.0 Å². The summed E-state index contributed by atoms with van der Waals surface area (Å²) in [5.41, 5.74) is 1.22. The zero-order valence-corrected chi connectivity index (χ0v) is 15.4. The summed E-state index contributed by atoms with van der Waals surface area (Å²) in [6, 6.07) is 12.3. The highest BCUT2D eigenvalue weighted by molar-refractivity contribution is 9.09. The van der Waals surface area contributed by atoms with Gasteiger partial charge < -0.3 is 4.74 Å². The van der Waals surface area contributed by atoms with Crippen molar-refractivity contribution in [1.29, 1.82) is 0 Å². The quantitative estimate of drug-likeness (QED) is 0.239. The van der Waals surface area contributed by atoms with E-state index in [2.05, 4.69) is 15.9 Å². The first-order valence-corrected chi connectivity index (χ1v) is 8.95. The summed E-state index contributed by atoms with van der Waals surface area (Å²) in [5, 5.41) is 1.92. The molecule has 2 rings (SSSR count). The van der Waals surface area contributed by atoms with Gasteiger partial charge in [0.25, 0.3) is 0 Å². The van der Waals surface area contributed by atoms with E-state index in [1.807, 2.05) is 0 Å². The molecule has 0 radical (unpaired) electrons. The van der Waals surface area contributed by atoms with Gasteiger partial charge in [-0.3, -0.25) is 4.79 Å². The first kappa shape index (κ1) is 18.1. The van der Waals surface area contributed by atoms with Gasteiger partial charge in [-0.1, -0.05) is 45.2 Å². The lowest BCUT2D eigenvalue weighted by Gasteiger charge is -2.05. The van der Waals surface area contributed by atoms with Gasteiger partial charge in [0, 0.05) is 26.5 Å². The Balaban J connectivity index is 2.04. The number of allylic oxidation sites excluding steroid dienone is 1. The van der Waals surface area contributed by atoms with E-state index in [-0.39, 0.29) is 5.78 Å². The van der Waals surface area contributed by atoms with Crippen LogP contribution in [0.1, 0.15) is 22.3 Å². The number of alkyl halides is 1. The van der Waals surface area contributed by atoms with E-state index in [0.717, 1.165) is 17.5 Å². The van der Waals surface area contributed by atoms with Gasteiger partial charge in [0.15, 0.2) is 5.78 Å². The van der Waals surface area contributed by atoms with Crippen LogP contribution in [0.2, 0.25) is 10.0 Å². The molecule has 0 unspecified atom stereocenters.